The molecular weight excluding hydrogens is 857 g/mol. The van der Waals surface area contributed by atoms with E-state index in [-0.39, 0.29) is 24.3 Å². The van der Waals surface area contributed by atoms with Gasteiger partial charge in [0.15, 0.2) is 0 Å². The van der Waals surface area contributed by atoms with E-state index in [1.54, 1.807) is 21.6 Å². The van der Waals surface area contributed by atoms with Gasteiger partial charge in [-0.25, -0.2) is 0 Å². The lowest BCUT2D eigenvalue weighted by atomic mass is 9.84. The van der Waals surface area contributed by atoms with Crippen LogP contribution in [0.5, 0.6) is 0 Å². The van der Waals surface area contributed by atoms with Crippen LogP contribution in [0, 0.1) is 17.8 Å². The number of carboxylic acid groups (broad SMARTS) is 1. The number of nitrogens with zero attached hydrogens (tertiary/aromatic N) is 1. The van der Waals surface area contributed by atoms with Crippen molar-refractivity contribution in [3.8, 4) is 0 Å². The summed E-state index contributed by atoms with van der Waals surface area (Å²) >= 11 is 0. The maximum atomic E-state index is 14.0. The Kier molecular flexibility index (Phi) is 49.7. The number of rotatable bonds is 53. The van der Waals surface area contributed by atoms with Crippen molar-refractivity contribution >= 4 is 39.4 Å². The van der Waals surface area contributed by atoms with E-state index in [9.17, 15) is 14.4 Å². The molecule has 0 fully saturated rings. The molecule has 7 nitrogen and oxygen atoms in total. The molecule has 0 aliphatic rings. The van der Waals surface area contributed by atoms with Crippen LogP contribution in [0.25, 0.3) is 0 Å². The van der Waals surface area contributed by atoms with Crippen molar-refractivity contribution in [2.45, 2.75) is 297 Å². The number of carboxylic acids is 1. The number of esters is 1. The molecule has 0 bridgehead atoms. The second-order valence-corrected chi connectivity index (χ2v) is 22.9. The first-order chi connectivity index (χ1) is 32.3. The maximum Gasteiger partial charge on any atom is 0.308 e. The molecule has 0 aliphatic heterocycles. The largest absolute Gasteiger partial charge is 0.481 e. The van der Waals surface area contributed by atoms with Crippen LogP contribution in [0.2, 0.25) is 0 Å². The average molecular weight is 970 g/mol. The number of nitrogens with two attached hydrogens (primary N) is 1. The maximum absolute atomic E-state index is 14.0. The van der Waals surface area contributed by atoms with Crippen molar-refractivity contribution < 1.29 is 24.2 Å². The third kappa shape index (κ3) is 40.9. The van der Waals surface area contributed by atoms with Crippen LogP contribution in [0.15, 0.2) is 0 Å². The van der Waals surface area contributed by atoms with Crippen molar-refractivity contribution in [1.29, 1.82) is 0 Å². The molecule has 0 saturated carbocycles. The Labute approximate surface area is 418 Å². The average Bonchev–Trinajstić information content (AvgIpc) is 3.31. The number of carbonyl (C=O) groups excluding carboxylic acids is 2. The molecule has 4 unspecified atom stereocenters. The number of hydrogen-bond acceptors (Lipinski definition) is 7. The van der Waals surface area contributed by atoms with Crippen molar-refractivity contribution in [2.24, 2.45) is 23.5 Å². The van der Waals surface area contributed by atoms with Crippen LogP contribution in [-0.2, 0) is 19.1 Å². The van der Waals surface area contributed by atoms with Gasteiger partial charge in [0.1, 0.15) is 0 Å². The molecule has 0 spiro atoms. The number of carbonyl (C=O) groups is 3. The van der Waals surface area contributed by atoms with Crippen LogP contribution >= 0.6 is 21.6 Å². The summed E-state index contributed by atoms with van der Waals surface area (Å²) in [6.45, 7) is 13.5. The Bertz CT molecular complexity index is 1070. The van der Waals surface area contributed by atoms with Gasteiger partial charge in [0.2, 0.25) is 5.91 Å². The SMILES string of the molecule is CCCCCCCCCN(C(=O)CCSSCCN)C(CCCCCCCCC(=O)O)CCCCCCCC(CC(CCCC)CCCCCC)C(=O)OCC(CCCC)CCCCCC. The Morgan fingerprint density at radius 3 is 1.45 bits per heavy atom. The standard InChI is InChI=1S/C57H112N2O5S2/c1-6-11-16-19-22-28-35-46-59(55(60)44-47-65-66-48-45-58)54(41-32-25-20-21-27-34-43-56(61)62)42-33-26-23-24-31-40-53(49-51(36-14-9-4)38-29-17-12-7-2)57(63)64-50-52(37-15-10-5)39-30-18-13-8-3/h51-54H,6-50,58H2,1-5H3,(H,61,62). The van der Waals surface area contributed by atoms with Gasteiger partial charge in [-0.2, -0.15) is 0 Å². The van der Waals surface area contributed by atoms with Gasteiger partial charge in [-0.05, 0) is 63.2 Å². The van der Waals surface area contributed by atoms with Crippen LogP contribution in [-0.4, -0.2) is 65.1 Å². The fourth-order valence-corrected chi connectivity index (χ4v) is 11.6. The first-order valence-electron chi connectivity index (χ1n) is 28.9. The Balaban J connectivity index is 5.72. The van der Waals surface area contributed by atoms with Gasteiger partial charge in [0.05, 0.1) is 12.5 Å². The molecular formula is C57H112N2O5S2. The molecule has 0 aliphatic carbocycles. The van der Waals surface area contributed by atoms with E-state index in [0.29, 0.717) is 37.3 Å². The number of amides is 1. The highest BCUT2D eigenvalue weighted by Gasteiger charge is 2.26. The van der Waals surface area contributed by atoms with Gasteiger partial charge >= 0.3 is 11.9 Å². The second-order valence-electron chi connectivity index (χ2n) is 20.2. The van der Waals surface area contributed by atoms with E-state index >= 15 is 0 Å². The molecule has 4 atom stereocenters. The lowest BCUT2D eigenvalue weighted by molar-refractivity contribution is -0.151. The third-order valence-electron chi connectivity index (χ3n) is 14.0. The van der Waals surface area contributed by atoms with Gasteiger partial charge in [-0.3, -0.25) is 14.4 Å². The zero-order valence-corrected chi connectivity index (χ0v) is 46.2. The van der Waals surface area contributed by atoms with Crippen molar-refractivity contribution in [3.63, 3.8) is 0 Å². The molecule has 392 valence electrons. The van der Waals surface area contributed by atoms with Gasteiger partial charge in [-0.1, -0.05) is 249 Å². The molecule has 1 amide bonds. The second kappa shape index (κ2) is 50.5. The monoisotopic (exact) mass is 969 g/mol. The predicted molar refractivity (Wildman–Crippen MR) is 292 cm³/mol. The summed E-state index contributed by atoms with van der Waals surface area (Å²) in [5.41, 5.74) is 5.73. The summed E-state index contributed by atoms with van der Waals surface area (Å²) in [5, 5.41) is 9.02. The summed E-state index contributed by atoms with van der Waals surface area (Å²) in [4.78, 5) is 41.3. The van der Waals surface area contributed by atoms with E-state index in [1.807, 2.05) is 0 Å². The first kappa shape index (κ1) is 65.1. The van der Waals surface area contributed by atoms with E-state index in [4.69, 9.17) is 15.6 Å². The van der Waals surface area contributed by atoms with Gasteiger partial charge < -0.3 is 20.5 Å². The Morgan fingerprint density at radius 1 is 0.485 bits per heavy atom. The summed E-state index contributed by atoms with van der Waals surface area (Å²) < 4.78 is 6.30. The summed E-state index contributed by atoms with van der Waals surface area (Å²) in [5.74, 6) is 2.61. The van der Waals surface area contributed by atoms with Crippen LogP contribution in [0.3, 0.4) is 0 Å². The molecule has 3 N–H and O–H groups in total. The molecule has 0 heterocycles. The Morgan fingerprint density at radius 2 is 0.909 bits per heavy atom. The molecule has 0 aromatic carbocycles. The highest BCUT2D eigenvalue weighted by atomic mass is 33.1. The van der Waals surface area contributed by atoms with Crippen molar-refractivity contribution in [3.05, 3.63) is 0 Å². The molecule has 0 radical (unpaired) electrons. The number of unbranched alkanes of at least 4 members (excludes halogenated alkanes) is 23. The zero-order valence-electron chi connectivity index (χ0n) is 44.6. The summed E-state index contributed by atoms with van der Waals surface area (Å²) in [7, 11) is 3.57. The molecule has 0 aromatic heterocycles. The van der Waals surface area contributed by atoms with Crippen molar-refractivity contribution in [1.82, 2.24) is 4.90 Å². The minimum atomic E-state index is -0.696. The molecule has 66 heavy (non-hydrogen) atoms. The fraction of sp³-hybridized carbons (Fsp3) is 0.947. The molecule has 9 heteroatoms. The van der Waals surface area contributed by atoms with E-state index in [1.165, 1.54) is 154 Å². The normalized spacial score (nSPS) is 13.4. The van der Waals surface area contributed by atoms with Crippen LogP contribution < -0.4 is 5.73 Å². The van der Waals surface area contributed by atoms with Gasteiger partial charge in [0, 0.05) is 43.5 Å². The first-order valence-corrected chi connectivity index (χ1v) is 31.4. The lowest BCUT2D eigenvalue weighted by Crippen LogP contribution is -2.41. The van der Waals surface area contributed by atoms with Crippen LogP contribution in [0.1, 0.15) is 291 Å². The molecule has 0 rings (SSSR count). The minimum absolute atomic E-state index is 0.0181. The minimum Gasteiger partial charge on any atom is -0.481 e. The topological polar surface area (TPSA) is 110 Å². The lowest BCUT2D eigenvalue weighted by Gasteiger charge is -2.33. The summed E-state index contributed by atoms with van der Waals surface area (Å²) in [6, 6.07) is 0.288. The third-order valence-corrected chi connectivity index (χ3v) is 16.4. The Hall–Kier alpha value is -0.930. The number of aliphatic carboxylic acids is 1. The van der Waals surface area contributed by atoms with Gasteiger partial charge in [-0.15, -0.1) is 0 Å². The number of hydrogen-bond donors (Lipinski definition) is 2. The smallest absolute Gasteiger partial charge is 0.308 e. The highest BCUT2D eigenvalue weighted by molar-refractivity contribution is 8.76. The van der Waals surface area contributed by atoms with Crippen LogP contribution in [0.4, 0.5) is 0 Å². The zero-order chi connectivity index (χ0) is 48.6. The van der Waals surface area contributed by atoms with E-state index in [0.717, 1.165) is 108 Å². The van der Waals surface area contributed by atoms with E-state index < -0.39 is 5.97 Å². The van der Waals surface area contributed by atoms with E-state index in [2.05, 4.69) is 39.5 Å². The quantitative estimate of drug-likeness (QED) is 0.0352. The summed E-state index contributed by atoms with van der Waals surface area (Å²) in [6.07, 6.45) is 45.6. The predicted octanol–water partition coefficient (Wildman–Crippen LogP) is 17.7. The molecule has 0 aromatic rings. The van der Waals surface area contributed by atoms with Gasteiger partial charge in [0.25, 0.3) is 0 Å². The number of ether oxygens (including phenoxy) is 1. The highest BCUT2D eigenvalue weighted by Crippen LogP contribution is 2.30. The molecule has 0 saturated heterocycles. The van der Waals surface area contributed by atoms with Crippen molar-refractivity contribution in [2.75, 3.05) is 31.2 Å². The fourth-order valence-electron chi connectivity index (χ4n) is 9.76.